The van der Waals surface area contributed by atoms with E-state index in [9.17, 15) is 4.79 Å². The van der Waals surface area contributed by atoms with Crippen LogP contribution in [0.4, 0.5) is 0 Å². The molecule has 1 aromatic rings. The molecule has 0 radical (unpaired) electrons. The van der Waals surface area contributed by atoms with Crippen LogP contribution >= 0.6 is 0 Å². The molecule has 0 saturated carbocycles. The highest BCUT2D eigenvalue weighted by atomic mass is 16.5. The van der Waals surface area contributed by atoms with Gasteiger partial charge in [0.15, 0.2) is 0 Å². The van der Waals surface area contributed by atoms with Gasteiger partial charge in [-0.25, -0.2) is 0 Å². The van der Waals surface area contributed by atoms with Crippen LogP contribution in [0, 0.1) is 6.92 Å². The van der Waals surface area contributed by atoms with Gasteiger partial charge in [0.05, 0.1) is 33.0 Å². The van der Waals surface area contributed by atoms with Gasteiger partial charge in [-0.15, -0.1) is 0 Å². The second kappa shape index (κ2) is 5.93. The Morgan fingerprint density at radius 2 is 1.89 bits per heavy atom. The second-order valence-electron chi connectivity index (χ2n) is 4.38. The Morgan fingerprint density at radius 3 is 2.47 bits per heavy atom. The van der Waals surface area contributed by atoms with Gasteiger partial charge in [-0.05, 0) is 19.1 Å². The summed E-state index contributed by atoms with van der Waals surface area (Å²) in [7, 11) is 3.17. The number of carbonyl (C=O) groups excluding carboxylic acids is 1. The summed E-state index contributed by atoms with van der Waals surface area (Å²) < 4.78 is 15.9. The van der Waals surface area contributed by atoms with E-state index in [1.807, 2.05) is 6.92 Å². The van der Waals surface area contributed by atoms with Gasteiger partial charge in [0.1, 0.15) is 11.5 Å². The van der Waals surface area contributed by atoms with Gasteiger partial charge in [0.2, 0.25) is 0 Å². The molecule has 1 fully saturated rings. The Bertz CT molecular complexity index is 467. The maximum absolute atomic E-state index is 12.5. The molecule has 0 unspecified atom stereocenters. The summed E-state index contributed by atoms with van der Waals surface area (Å²) in [6, 6.07) is 3.55. The predicted octanol–water partition coefficient (Wildman–Crippen LogP) is 1.48. The molecule has 1 saturated heterocycles. The van der Waals surface area contributed by atoms with Crippen molar-refractivity contribution in [2.75, 3.05) is 40.5 Å². The van der Waals surface area contributed by atoms with Crippen molar-refractivity contribution < 1.29 is 19.0 Å². The molecule has 19 heavy (non-hydrogen) atoms. The van der Waals surface area contributed by atoms with Crippen molar-refractivity contribution in [3.63, 3.8) is 0 Å². The van der Waals surface area contributed by atoms with Gasteiger partial charge >= 0.3 is 0 Å². The minimum absolute atomic E-state index is 0.0223. The Balaban J connectivity index is 2.33. The molecule has 0 atom stereocenters. The molecule has 0 bridgehead atoms. The fourth-order valence-corrected chi connectivity index (χ4v) is 2.26. The summed E-state index contributed by atoms with van der Waals surface area (Å²) in [6.45, 7) is 4.29. The minimum atomic E-state index is -0.0223. The maximum Gasteiger partial charge on any atom is 0.257 e. The first-order chi connectivity index (χ1) is 9.19. The van der Waals surface area contributed by atoms with Crippen LogP contribution in [-0.2, 0) is 4.74 Å². The number of ether oxygens (including phenoxy) is 3. The lowest BCUT2D eigenvalue weighted by Crippen LogP contribution is -2.40. The van der Waals surface area contributed by atoms with Gasteiger partial charge in [-0.3, -0.25) is 4.79 Å². The topological polar surface area (TPSA) is 48.0 Å². The third-order valence-electron chi connectivity index (χ3n) is 3.31. The molecule has 1 aliphatic rings. The summed E-state index contributed by atoms with van der Waals surface area (Å²) in [5.41, 5.74) is 1.41. The first-order valence-electron chi connectivity index (χ1n) is 6.27. The molecule has 1 aromatic carbocycles. The van der Waals surface area contributed by atoms with E-state index in [0.29, 0.717) is 37.6 Å². The number of nitrogens with zero attached hydrogens (tertiary/aromatic N) is 1. The Kier molecular flexibility index (Phi) is 4.27. The molecule has 0 N–H and O–H groups in total. The van der Waals surface area contributed by atoms with Crippen molar-refractivity contribution in [2.24, 2.45) is 0 Å². The van der Waals surface area contributed by atoms with Crippen molar-refractivity contribution in [3.8, 4) is 11.5 Å². The zero-order valence-corrected chi connectivity index (χ0v) is 11.6. The molecule has 0 aromatic heterocycles. The van der Waals surface area contributed by atoms with Crippen molar-refractivity contribution in [3.05, 3.63) is 23.3 Å². The van der Waals surface area contributed by atoms with Gasteiger partial charge in [-0.1, -0.05) is 0 Å². The zero-order valence-electron chi connectivity index (χ0n) is 11.6. The fraction of sp³-hybridized carbons (Fsp3) is 0.500. The van der Waals surface area contributed by atoms with E-state index in [1.54, 1.807) is 31.3 Å². The first kappa shape index (κ1) is 13.7. The van der Waals surface area contributed by atoms with Crippen molar-refractivity contribution in [1.29, 1.82) is 0 Å². The molecular formula is C14H19NO4. The second-order valence-corrected chi connectivity index (χ2v) is 4.38. The normalized spacial score (nSPS) is 15.2. The standard InChI is InChI=1S/C14H19NO4/c1-10-12(17-2)5-4-11(13(10)18-3)14(16)15-6-8-19-9-7-15/h4-5H,6-9H2,1-3H3. The van der Waals surface area contributed by atoms with Crippen LogP contribution in [0.1, 0.15) is 15.9 Å². The molecule has 2 rings (SSSR count). The van der Waals surface area contributed by atoms with Gasteiger partial charge in [0.25, 0.3) is 5.91 Å². The Labute approximate surface area is 113 Å². The van der Waals surface area contributed by atoms with Crippen molar-refractivity contribution in [1.82, 2.24) is 4.90 Å². The molecule has 5 heteroatoms. The number of benzene rings is 1. The largest absolute Gasteiger partial charge is 0.496 e. The number of hydrogen-bond acceptors (Lipinski definition) is 4. The lowest BCUT2D eigenvalue weighted by atomic mass is 10.1. The molecule has 0 spiro atoms. The summed E-state index contributed by atoms with van der Waals surface area (Å²) in [6.07, 6.45) is 0. The quantitative estimate of drug-likeness (QED) is 0.830. The maximum atomic E-state index is 12.5. The lowest BCUT2D eigenvalue weighted by Gasteiger charge is -2.27. The van der Waals surface area contributed by atoms with Crippen molar-refractivity contribution in [2.45, 2.75) is 6.92 Å². The fourth-order valence-electron chi connectivity index (χ4n) is 2.26. The zero-order chi connectivity index (χ0) is 13.8. The van der Waals surface area contributed by atoms with Crippen LogP contribution in [0.3, 0.4) is 0 Å². The first-order valence-corrected chi connectivity index (χ1v) is 6.27. The lowest BCUT2D eigenvalue weighted by molar-refractivity contribution is 0.0301. The molecule has 104 valence electrons. The smallest absolute Gasteiger partial charge is 0.257 e. The number of rotatable bonds is 3. The van der Waals surface area contributed by atoms with Crippen LogP contribution in [0.25, 0.3) is 0 Å². The number of amides is 1. The van der Waals surface area contributed by atoms with E-state index < -0.39 is 0 Å². The molecule has 5 nitrogen and oxygen atoms in total. The monoisotopic (exact) mass is 265 g/mol. The summed E-state index contributed by atoms with van der Waals surface area (Å²) >= 11 is 0. The Hall–Kier alpha value is -1.75. The summed E-state index contributed by atoms with van der Waals surface area (Å²) in [4.78, 5) is 14.3. The van der Waals surface area contributed by atoms with Crippen LogP contribution in [-0.4, -0.2) is 51.3 Å². The molecule has 0 aliphatic carbocycles. The average Bonchev–Trinajstić information content (AvgIpc) is 2.47. The van der Waals surface area contributed by atoms with Crippen LogP contribution in [0.5, 0.6) is 11.5 Å². The highest BCUT2D eigenvalue weighted by Crippen LogP contribution is 2.32. The highest BCUT2D eigenvalue weighted by molar-refractivity contribution is 5.97. The van der Waals surface area contributed by atoms with Gasteiger partial charge in [0, 0.05) is 18.7 Å². The number of hydrogen-bond donors (Lipinski definition) is 0. The minimum Gasteiger partial charge on any atom is -0.496 e. The van der Waals surface area contributed by atoms with E-state index in [-0.39, 0.29) is 5.91 Å². The van der Waals surface area contributed by atoms with Gasteiger partial charge in [-0.2, -0.15) is 0 Å². The van der Waals surface area contributed by atoms with E-state index in [0.717, 1.165) is 11.3 Å². The molecular weight excluding hydrogens is 246 g/mol. The Morgan fingerprint density at radius 1 is 1.21 bits per heavy atom. The van der Waals surface area contributed by atoms with E-state index in [4.69, 9.17) is 14.2 Å². The van der Waals surface area contributed by atoms with Crippen LogP contribution in [0.2, 0.25) is 0 Å². The van der Waals surface area contributed by atoms with E-state index >= 15 is 0 Å². The average molecular weight is 265 g/mol. The third-order valence-corrected chi connectivity index (χ3v) is 3.31. The van der Waals surface area contributed by atoms with Crippen LogP contribution < -0.4 is 9.47 Å². The molecule has 1 aliphatic heterocycles. The molecule has 1 amide bonds. The molecule has 1 heterocycles. The number of carbonyl (C=O) groups is 1. The SMILES string of the molecule is COc1ccc(C(=O)N2CCOCC2)c(OC)c1C. The number of morpholine rings is 1. The van der Waals surface area contributed by atoms with Gasteiger partial charge < -0.3 is 19.1 Å². The summed E-state index contributed by atoms with van der Waals surface area (Å²) in [5, 5.41) is 0. The summed E-state index contributed by atoms with van der Waals surface area (Å²) in [5.74, 6) is 1.28. The van der Waals surface area contributed by atoms with E-state index in [2.05, 4.69) is 0 Å². The third kappa shape index (κ3) is 2.66. The van der Waals surface area contributed by atoms with Crippen LogP contribution in [0.15, 0.2) is 12.1 Å². The number of methoxy groups -OCH3 is 2. The van der Waals surface area contributed by atoms with E-state index in [1.165, 1.54) is 0 Å². The van der Waals surface area contributed by atoms with Crippen molar-refractivity contribution >= 4 is 5.91 Å². The highest BCUT2D eigenvalue weighted by Gasteiger charge is 2.23. The predicted molar refractivity (Wildman–Crippen MR) is 71.0 cm³/mol.